The highest BCUT2D eigenvalue weighted by Gasteiger charge is 2.48. The van der Waals surface area contributed by atoms with Gasteiger partial charge < -0.3 is 4.90 Å². The molecule has 6 heteroatoms. The van der Waals surface area contributed by atoms with Crippen LogP contribution in [-0.4, -0.2) is 46.8 Å². The molecule has 2 saturated carbocycles. The van der Waals surface area contributed by atoms with Gasteiger partial charge in [-0.15, -0.1) is 0 Å². The maximum absolute atomic E-state index is 13.9. The number of urea groups is 1. The van der Waals surface area contributed by atoms with Crippen LogP contribution in [0.3, 0.4) is 0 Å². The normalized spacial score (nSPS) is 23.8. The van der Waals surface area contributed by atoms with Crippen LogP contribution in [0.4, 0.5) is 10.5 Å². The first-order valence-electron chi connectivity index (χ1n) is 14.7. The molecule has 0 N–H and O–H groups in total. The number of carbonyl (C=O) groups is 3. The number of anilines is 1. The molecule has 0 aromatic heterocycles. The number of allylic oxidation sites excluding steroid dienone is 3. The first kappa shape index (κ1) is 25.8. The van der Waals surface area contributed by atoms with Crippen molar-refractivity contribution in [1.29, 1.82) is 0 Å². The highest BCUT2D eigenvalue weighted by Crippen LogP contribution is 2.50. The number of hydrogen-bond donors (Lipinski definition) is 0. The highest BCUT2D eigenvalue weighted by molar-refractivity contribution is 6.29. The first-order valence-corrected chi connectivity index (χ1v) is 14.7. The first-order chi connectivity index (χ1) is 18.8. The molecular weight excluding hydrogens is 486 g/mol. The van der Waals surface area contributed by atoms with Crippen molar-refractivity contribution in [3.8, 4) is 0 Å². The van der Waals surface area contributed by atoms with Gasteiger partial charge in [0.15, 0.2) is 0 Å². The number of carbonyl (C=O) groups excluding carboxylic acids is 3. The van der Waals surface area contributed by atoms with Gasteiger partial charge in [-0.1, -0.05) is 82.7 Å². The van der Waals surface area contributed by atoms with Crippen LogP contribution in [0.25, 0.3) is 10.8 Å². The second-order valence-corrected chi connectivity index (χ2v) is 12.2. The third kappa shape index (κ3) is 4.19. The van der Waals surface area contributed by atoms with Crippen LogP contribution >= 0.6 is 0 Å². The van der Waals surface area contributed by atoms with Crippen molar-refractivity contribution in [2.45, 2.75) is 95.6 Å². The van der Waals surface area contributed by atoms with Crippen LogP contribution < -0.4 is 4.90 Å². The summed E-state index contributed by atoms with van der Waals surface area (Å²) in [5.41, 5.74) is 3.19. The molecule has 4 aliphatic rings. The molecule has 2 heterocycles. The van der Waals surface area contributed by atoms with Crippen LogP contribution in [0.2, 0.25) is 0 Å². The van der Waals surface area contributed by atoms with Gasteiger partial charge in [-0.3, -0.25) is 19.4 Å². The summed E-state index contributed by atoms with van der Waals surface area (Å²) in [6, 6.07) is 12.1. The van der Waals surface area contributed by atoms with Crippen molar-refractivity contribution in [3.05, 3.63) is 65.4 Å². The molecule has 2 aliphatic heterocycles. The van der Waals surface area contributed by atoms with Crippen LogP contribution in [0, 0.1) is 0 Å². The van der Waals surface area contributed by atoms with E-state index in [-0.39, 0.29) is 23.1 Å². The number of hydrogen-bond acceptors (Lipinski definition) is 4. The molecule has 4 amide bonds. The van der Waals surface area contributed by atoms with E-state index < -0.39 is 17.8 Å². The summed E-state index contributed by atoms with van der Waals surface area (Å²) >= 11 is 0. The van der Waals surface area contributed by atoms with Crippen LogP contribution in [0.1, 0.15) is 83.6 Å². The molecule has 204 valence electrons. The lowest BCUT2D eigenvalue weighted by molar-refractivity contribution is -0.139. The van der Waals surface area contributed by atoms with Crippen LogP contribution in [-0.2, 0) is 15.0 Å². The zero-order valence-corrected chi connectivity index (χ0v) is 23.4. The fourth-order valence-corrected chi connectivity index (χ4v) is 7.46. The monoisotopic (exact) mass is 525 g/mol. The largest absolute Gasteiger partial charge is 0.347 e. The highest BCUT2D eigenvalue weighted by atomic mass is 16.2. The number of fused-ring (bicyclic) bond motifs is 3. The number of amides is 4. The summed E-state index contributed by atoms with van der Waals surface area (Å²) in [7, 11) is 2.05. The molecule has 2 aromatic carbocycles. The van der Waals surface area contributed by atoms with E-state index in [0.717, 1.165) is 75.6 Å². The molecule has 1 saturated heterocycles. The number of rotatable bonds is 3. The Hall–Kier alpha value is -3.41. The molecular formula is C33H39N3O3. The van der Waals surface area contributed by atoms with Crippen molar-refractivity contribution in [2.24, 2.45) is 0 Å². The van der Waals surface area contributed by atoms with Crippen molar-refractivity contribution < 1.29 is 14.4 Å². The van der Waals surface area contributed by atoms with E-state index in [1.807, 2.05) is 13.1 Å². The van der Waals surface area contributed by atoms with Crippen molar-refractivity contribution in [2.75, 3.05) is 11.9 Å². The topological polar surface area (TPSA) is 60.9 Å². The molecule has 0 radical (unpaired) electrons. The van der Waals surface area contributed by atoms with Gasteiger partial charge in [0.25, 0.3) is 11.8 Å². The number of nitrogens with zero attached hydrogens (tertiary/aromatic N) is 3. The molecule has 2 aromatic rings. The molecule has 6 rings (SSSR count). The van der Waals surface area contributed by atoms with E-state index in [2.05, 4.69) is 55.1 Å². The Morgan fingerprint density at radius 2 is 1.31 bits per heavy atom. The predicted octanol–water partition coefficient (Wildman–Crippen LogP) is 6.83. The van der Waals surface area contributed by atoms with Crippen molar-refractivity contribution in [1.82, 2.24) is 9.80 Å². The Kier molecular flexibility index (Phi) is 6.60. The fourth-order valence-electron chi connectivity index (χ4n) is 7.46. The van der Waals surface area contributed by atoms with Crippen molar-refractivity contribution >= 4 is 34.3 Å². The molecule has 0 atom stereocenters. The average Bonchev–Trinajstić information content (AvgIpc) is 3.14. The van der Waals surface area contributed by atoms with Gasteiger partial charge in [-0.05, 0) is 60.2 Å². The fraction of sp³-hybridized carbons (Fsp3) is 0.485. The molecule has 0 bridgehead atoms. The standard InChI is InChI=1S/C33H39N3O3/c1-33(2)28(34(3)27-20-18-22-12-10-11-17-25(22)29(27)33)21-19-26-30(37)35(23-13-6-4-7-14-23)32(39)36(31(26)38)24-15-8-5-9-16-24/h10-12,17-21,23-24H,4-9,13-16H2,1-3H3/b28-21+. The quantitative estimate of drug-likeness (QED) is 0.325. The lowest BCUT2D eigenvalue weighted by Gasteiger charge is -2.43. The molecule has 0 spiro atoms. The smallest absolute Gasteiger partial charge is 0.334 e. The van der Waals surface area contributed by atoms with Gasteiger partial charge in [0.1, 0.15) is 5.57 Å². The van der Waals surface area contributed by atoms with E-state index in [4.69, 9.17) is 0 Å². The lowest BCUT2D eigenvalue weighted by Crippen LogP contribution is -2.62. The van der Waals surface area contributed by atoms with Gasteiger partial charge in [0.05, 0.1) is 0 Å². The van der Waals surface area contributed by atoms with E-state index >= 15 is 0 Å². The third-order valence-electron chi connectivity index (χ3n) is 9.49. The van der Waals surface area contributed by atoms with Crippen molar-refractivity contribution in [3.63, 3.8) is 0 Å². The maximum Gasteiger partial charge on any atom is 0.334 e. The molecule has 2 aliphatic carbocycles. The van der Waals surface area contributed by atoms with E-state index in [1.54, 1.807) is 6.08 Å². The second-order valence-electron chi connectivity index (χ2n) is 12.2. The van der Waals surface area contributed by atoms with Gasteiger partial charge in [0, 0.05) is 35.9 Å². The molecule has 6 nitrogen and oxygen atoms in total. The zero-order chi connectivity index (χ0) is 27.3. The van der Waals surface area contributed by atoms with Gasteiger partial charge in [-0.2, -0.15) is 0 Å². The van der Waals surface area contributed by atoms with Gasteiger partial charge >= 0.3 is 6.03 Å². The molecule has 3 fully saturated rings. The summed E-state index contributed by atoms with van der Waals surface area (Å²) in [6.45, 7) is 4.39. The van der Waals surface area contributed by atoms with Gasteiger partial charge in [0.2, 0.25) is 0 Å². The lowest BCUT2D eigenvalue weighted by atomic mass is 9.81. The van der Waals surface area contributed by atoms with Gasteiger partial charge in [-0.25, -0.2) is 4.79 Å². The number of likely N-dealkylation sites (N-methyl/N-ethyl adjacent to an activating group) is 1. The Morgan fingerprint density at radius 1 is 0.744 bits per heavy atom. The minimum absolute atomic E-state index is 0.114. The average molecular weight is 526 g/mol. The van der Waals surface area contributed by atoms with E-state index in [1.165, 1.54) is 26.1 Å². The van der Waals surface area contributed by atoms with E-state index in [9.17, 15) is 14.4 Å². The second kappa shape index (κ2) is 9.96. The minimum Gasteiger partial charge on any atom is -0.347 e. The maximum atomic E-state index is 13.9. The minimum atomic E-state index is -0.428. The number of imide groups is 2. The number of benzene rings is 2. The number of barbiturate groups is 1. The molecule has 39 heavy (non-hydrogen) atoms. The van der Waals surface area contributed by atoms with E-state index in [0.29, 0.717) is 0 Å². The summed E-state index contributed by atoms with van der Waals surface area (Å²) in [6.07, 6.45) is 13.2. The van der Waals surface area contributed by atoms with Crippen LogP contribution in [0.5, 0.6) is 0 Å². The Bertz CT molecular complexity index is 1350. The summed E-state index contributed by atoms with van der Waals surface area (Å²) in [5, 5.41) is 2.41. The summed E-state index contributed by atoms with van der Waals surface area (Å²) in [5.74, 6) is -0.857. The predicted molar refractivity (Wildman–Crippen MR) is 154 cm³/mol. The Balaban J connectivity index is 1.42. The summed E-state index contributed by atoms with van der Waals surface area (Å²) in [4.78, 5) is 46.5. The molecule has 0 unspecified atom stereocenters. The summed E-state index contributed by atoms with van der Waals surface area (Å²) < 4.78 is 0. The SMILES string of the molecule is CN1/C(=C/C=C2C(=O)N(C3CCCCC3)C(=O)N(C3CCCCC3)C2=O)C(C)(C)c2c1ccc1ccccc21. The Morgan fingerprint density at radius 3 is 1.90 bits per heavy atom. The van der Waals surface area contributed by atoms with Crippen LogP contribution in [0.15, 0.2) is 59.8 Å². The zero-order valence-electron chi connectivity index (χ0n) is 23.4. The Labute approximate surface area is 231 Å². The third-order valence-corrected chi connectivity index (χ3v) is 9.49.